The lowest BCUT2D eigenvalue weighted by atomic mass is 10.0. The van der Waals surface area contributed by atoms with Crippen molar-refractivity contribution in [1.29, 1.82) is 0 Å². The molecule has 4 amide bonds. The number of imide groups is 2. The molecular formula is C32H33N7O4. The second-order valence-corrected chi connectivity index (χ2v) is 11.0. The van der Waals surface area contributed by atoms with Crippen LogP contribution < -0.4 is 10.6 Å². The molecule has 1 atom stereocenters. The van der Waals surface area contributed by atoms with E-state index in [0.29, 0.717) is 12.2 Å². The van der Waals surface area contributed by atoms with Crippen molar-refractivity contribution in [3.63, 3.8) is 0 Å². The highest BCUT2D eigenvalue weighted by atomic mass is 16.2. The van der Waals surface area contributed by atoms with Crippen molar-refractivity contribution in [2.45, 2.75) is 65.0 Å². The minimum Gasteiger partial charge on any atom is -0.384 e. The maximum atomic E-state index is 13.2. The van der Waals surface area contributed by atoms with Gasteiger partial charge in [0, 0.05) is 36.5 Å². The fourth-order valence-corrected chi connectivity index (χ4v) is 5.99. The number of hydrogen-bond acceptors (Lipinski definition) is 8. The zero-order valence-electron chi connectivity index (χ0n) is 24.2. The molecule has 0 spiro atoms. The number of hydrogen-bond donors (Lipinski definition) is 2. The maximum Gasteiger partial charge on any atom is 0.264 e. The van der Waals surface area contributed by atoms with Crippen LogP contribution in [0.5, 0.6) is 0 Å². The first-order chi connectivity index (χ1) is 20.8. The molecule has 1 unspecified atom stereocenters. The molecule has 4 aromatic rings. The van der Waals surface area contributed by atoms with Crippen LogP contribution >= 0.6 is 0 Å². The summed E-state index contributed by atoms with van der Waals surface area (Å²) in [5.41, 5.74) is 6.75. The van der Waals surface area contributed by atoms with Gasteiger partial charge >= 0.3 is 0 Å². The number of carbonyl (C=O) groups excluding carboxylic acids is 4. The van der Waals surface area contributed by atoms with Crippen LogP contribution in [0.1, 0.15) is 70.6 Å². The number of amides is 4. The topological polar surface area (TPSA) is 139 Å². The first-order valence-electron chi connectivity index (χ1n) is 14.7. The molecule has 1 saturated heterocycles. The Kier molecular flexibility index (Phi) is 7.71. The summed E-state index contributed by atoms with van der Waals surface area (Å²) in [6.45, 7) is 5.52. The van der Waals surface area contributed by atoms with Crippen LogP contribution in [0.25, 0.3) is 22.3 Å². The Labute approximate surface area is 248 Å². The number of nitrogens with zero attached hydrogens (tertiary/aromatic N) is 5. The average Bonchev–Trinajstić information content (AvgIpc) is 3.43. The Hall–Kier alpha value is -4.93. The smallest absolute Gasteiger partial charge is 0.264 e. The molecule has 11 nitrogen and oxygen atoms in total. The number of fused-ring (bicyclic) bond motifs is 2. The van der Waals surface area contributed by atoms with Crippen LogP contribution in [0.3, 0.4) is 0 Å². The van der Waals surface area contributed by atoms with Gasteiger partial charge in [-0.15, -0.1) is 0 Å². The molecule has 1 fully saturated rings. The van der Waals surface area contributed by atoms with E-state index in [2.05, 4.69) is 22.5 Å². The molecule has 0 saturated carbocycles. The summed E-state index contributed by atoms with van der Waals surface area (Å²) in [6.07, 6.45) is 5.90. The molecule has 4 heterocycles. The summed E-state index contributed by atoms with van der Waals surface area (Å²) in [7, 11) is 0. The molecule has 0 bridgehead atoms. The maximum absolute atomic E-state index is 13.2. The third kappa shape index (κ3) is 5.38. The summed E-state index contributed by atoms with van der Waals surface area (Å²) < 4.78 is 2.05. The van der Waals surface area contributed by atoms with Gasteiger partial charge in [0.25, 0.3) is 11.8 Å². The minimum absolute atomic E-state index is 0.0921. The van der Waals surface area contributed by atoms with Crippen molar-refractivity contribution in [3.05, 3.63) is 71.2 Å². The number of piperidine rings is 1. The molecule has 11 heteroatoms. The van der Waals surface area contributed by atoms with Crippen molar-refractivity contribution in [2.75, 3.05) is 11.9 Å². The summed E-state index contributed by atoms with van der Waals surface area (Å²) in [6, 6.07) is 12.0. The van der Waals surface area contributed by atoms with E-state index in [1.165, 1.54) is 0 Å². The second kappa shape index (κ2) is 11.7. The van der Waals surface area contributed by atoms with Crippen molar-refractivity contribution in [2.24, 2.45) is 0 Å². The standard InChI is InChI=1S/C32H33N7O4/c1-19-28(25-18-34-22-11-5-6-12-23(22)35-25)20(2)38(37-19)17-8-4-3-7-16-33-24-13-9-10-21-29(24)32(43)39(31(21)42)26-14-15-27(40)36-30(26)41/h5-6,9-13,18,26,33H,3-4,7-8,14-17H2,1-2H3,(H,36,40,41). The Morgan fingerprint density at radius 3 is 2.51 bits per heavy atom. The van der Waals surface area contributed by atoms with Crippen molar-refractivity contribution in [1.82, 2.24) is 30.0 Å². The van der Waals surface area contributed by atoms with Crippen molar-refractivity contribution < 1.29 is 19.2 Å². The quantitative estimate of drug-likeness (QED) is 0.211. The van der Waals surface area contributed by atoms with Crippen LogP contribution in [0.4, 0.5) is 5.69 Å². The molecule has 2 aliphatic rings. The molecule has 2 aromatic carbocycles. The predicted molar refractivity (Wildman–Crippen MR) is 160 cm³/mol. The van der Waals surface area contributed by atoms with Gasteiger partial charge in [0.1, 0.15) is 6.04 Å². The van der Waals surface area contributed by atoms with Gasteiger partial charge in [-0.05, 0) is 57.4 Å². The Morgan fingerprint density at radius 2 is 1.70 bits per heavy atom. The number of rotatable bonds is 10. The molecule has 43 heavy (non-hydrogen) atoms. The van der Waals surface area contributed by atoms with E-state index in [-0.39, 0.29) is 24.0 Å². The van der Waals surface area contributed by atoms with E-state index >= 15 is 0 Å². The third-order valence-electron chi connectivity index (χ3n) is 8.17. The second-order valence-electron chi connectivity index (χ2n) is 11.0. The van der Waals surface area contributed by atoms with E-state index < -0.39 is 29.7 Å². The lowest BCUT2D eigenvalue weighted by Crippen LogP contribution is -2.54. The Morgan fingerprint density at radius 1 is 0.907 bits per heavy atom. The van der Waals surface area contributed by atoms with E-state index in [0.717, 1.165) is 70.8 Å². The number of para-hydroxylation sites is 2. The van der Waals surface area contributed by atoms with Gasteiger partial charge in [0.15, 0.2) is 0 Å². The fourth-order valence-electron chi connectivity index (χ4n) is 5.99. The SMILES string of the molecule is Cc1nn(CCCCCCNc2cccc3c2C(=O)N(C2CCC(=O)NC2=O)C3=O)c(C)c1-c1cnc2ccccc2n1. The minimum atomic E-state index is -0.975. The van der Waals surface area contributed by atoms with Crippen LogP contribution in [0, 0.1) is 13.8 Å². The van der Waals surface area contributed by atoms with Gasteiger partial charge < -0.3 is 5.32 Å². The monoisotopic (exact) mass is 579 g/mol. The molecule has 2 aliphatic heterocycles. The molecule has 6 rings (SSSR count). The Bertz CT molecular complexity index is 1760. The normalized spacial score (nSPS) is 16.6. The van der Waals surface area contributed by atoms with Gasteiger partial charge in [-0.25, -0.2) is 4.98 Å². The summed E-state index contributed by atoms with van der Waals surface area (Å²) in [4.78, 5) is 60.5. The van der Waals surface area contributed by atoms with Crippen LogP contribution in [-0.2, 0) is 16.1 Å². The summed E-state index contributed by atoms with van der Waals surface area (Å²) in [5.74, 6) is -2.01. The molecule has 2 aromatic heterocycles. The highest BCUT2D eigenvalue weighted by molar-refractivity contribution is 6.25. The summed E-state index contributed by atoms with van der Waals surface area (Å²) in [5, 5.41) is 10.3. The van der Waals surface area contributed by atoms with Gasteiger partial charge in [-0.2, -0.15) is 5.10 Å². The van der Waals surface area contributed by atoms with E-state index in [9.17, 15) is 19.2 Å². The molecular weight excluding hydrogens is 546 g/mol. The van der Waals surface area contributed by atoms with Gasteiger partial charge in [0.2, 0.25) is 11.8 Å². The number of anilines is 1. The summed E-state index contributed by atoms with van der Waals surface area (Å²) >= 11 is 0. The zero-order valence-corrected chi connectivity index (χ0v) is 24.2. The molecule has 0 aliphatic carbocycles. The lowest BCUT2D eigenvalue weighted by molar-refractivity contribution is -0.136. The zero-order chi connectivity index (χ0) is 30.1. The number of benzene rings is 2. The number of unbranched alkanes of at least 4 members (excludes halogenated alkanes) is 3. The van der Waals surface area contributed by atoms with Gasteiger partial charge in [0.05, 0.1) is 39.7 Å². The van der Waals surface area contributed by atoms with Crippen LogP contribution in [0.15, 0.2) is 48.7 Å². The molecule has 0 radical (unpaired) electrons. The van der Waals surface area contributed by atoms with Gasteiger partial charge in [-0.3, -0.25) is 39.1 Å². The average molecular weight is 580 g/mol. The lowest BCUT2D eigenvalue weighted by Gasteiger charge is -2.27. The highest BCUT2D eigenvalue weighted by Gasteiger charge is 2.45. The van der Waals surface area contributed by atoms with E-state index in [1.807, 2.05) is 42.1 Å². The van der Waals surface area contributed by atoms with Gasteiger partial charge in [-0.1, -0.05) is 31.0 Å². The number of aryl methyl sites for hydroxylation is 2. The van der Waals surface area contributed by atoms with E-state index in [1.54, 1.807) is 18.2 Å². The largest absolute Gasteiger partial charge is 0.384 e. The third-order valence-corrected chi connectivity index (χ3v) is 8.17. The molecule has 2 N–H and O–H groups in total. The number of carbonyl (C=O) groups is 4. The van der Waals surface area contributed by atoms with Crippen LogP contribution in [0.2, 0.25) is 0 Å². The highest BCUT2D eigenvalue weighted by Crippen LogP contribution is 2.32. The predicted octanol–water partition coefficient (Wildman–Crippen LogP) is 4.18. The van der Waals surface area contributed by atoms with Crippen molar-refractivity contribution in [3.8, 4) is 11.3 Å². The first kappa shape index (κ1) is 28.2. The van der Waals surface area contributed by atoms with Crippen LogP contribution in [-0.4, -0.2) is 60.9 Å². The fraction of sp³-hybridized carbons (Fsp3) is 0.344. The molecule has 220 valence electrons. The van der Waals surface area contributed by atoms with Crippen molar-refractivity contribution >= 4 is 40.3 Å². The first-order valence-corrected chi connectivity index (χ1v) is 14.7. The Balaban J connectivity index is 1.01. The van der Waals surface area contributed by atoms with E-state index in [4.69, 9.17) is 10.1 Å². The number of aromatic nitrogens is 4. The number of nitrogens with one attached hydrogen (secondary N) is 2.